The van der Waals surface area contributed by atoms with Gasteiger partial charge in [-0.15, -0.1) is 0 Å². The fourth-order valence-corrected chi connectivity index (χ4v) is 3.08. The van der Waals surface area contributed by atoms with Crippen molar-refractivity contribution in [2.75, 3.05) is 0 Å². The fourth-order valence-electron chi connectivity index (χ4n) is 3.08. The number of carbonyl (C=O) groups is 2. The summed E-state index contributed by atoms with van der Waals surface area (Å²) in [6, 6.07) is 18.1. The molecule has 1 aliphatic heterocycles. The summed E-state index contributed by atoms with van der Waals surface area (Å²) in [6.45, 7) is 0.0244. The fraction of sp³-hybridized carbons (Fsp3) is 0.130. The molecule has 0 unspecified atom stereocenters. The summed E-state index contributed by atoms with van der Waals surface area (Å²) in [7, 11) is 0. The zero-order valence-corrected chi connectivity index (χ0v) is 15.3. The van der Waals surface area contributed by atoms with E-state index >= 15 is 0 Å². The SMILES string of the molecule is O=Cc1ccc(C(=O)OCc2cc(F)cc3c2O[C@@H](c2ccccc2)OC3)cc1. The highest BCUT2D eigenvalue weighted by atomic mass is 19.1. The number of halogens is 1. The van der Waals surface area contributed by atoms with Gasteiger partial charge in [0.05, 0.1) is 12.2 Å². The van der Waals surface area contributed by atoms with Crippen LogP contribution in [0.1, 0.15) is 43.7 Å². The minimum absolute atomic E-state index is 0.157. The van der Waals surface area contributed by atoms with Gasteiger partial charge in [-0.05, 0) is 24.3 Å². The Kier molecular flexibility index (Phi) is 5.35. The molecule has 0 fully saturated rings. The Morgan fingerprint density at radius 2 is 1.86 bits per heavy atom. The van der Waals surface area contributed by atoms with Crippen LogP contribution < -0.4 is 4.74 Å². The van der Waals surface area contributed by atoms with Gasteiger partial charge in [0.1, 0.15) is 24.5 Å². The largest absolute Gasteiger partial charge is 0.460 e. The van der Waals surface area contributed by atoms with Gasteiger partial charge in [-0.25, -0.2) is 9.18 Å². The van der Waals surface area contributed by atoms with Crippen LogP contribution in [0.4, 0.5) is 4.39 Å². The first-order valence-electron chi connectivity index (χ1n) is 9.01. The minimum Gasteiger partial charge on any atom is -0.460 e. The van der Waals surface area contributed by atoms with Gasteiger partial charge in [0.15, 0.2) is 0 Å². The van der Waals surface area contributed by atoms with Crippen molar-refractivity contribution >= 4 is 12.3 Å². The second kappa shape index (κ2) is 8.24. The molecule has 3 aromatic carbocycles. The van der Waals surface area contributed by atoms with Crippen molar-refractivity contribution in [3.05, 3.63) is 100 Å². The second-order valence-corrected chi connectivity index (χ2v) is 6.54. The molecule has 0 aromatic heterocycles. The van der Waals surface area contributed by atoms with E-state index < -0.39 is 18.1 Å². The quantitative estimate of drug-likeness (QED) is 0.469. The maximum absolute atomic E-state index is 14.0. The molecule has 0 N–H and O–H groups in total. The zero-order chi connectivity index (χ0) is 20.2. The molecular formula is C23H17FO5. The number of fused-ring (bicyclic) bond motifs is 1. The van der Waals surface area contributed by atoms with Gasteiger partial charge in [0.2, 0.25) is 6.29 Å². The van der Waals surface area contributed by atoms with E-state index in [1.165, 1.54) is 36.4 Å². The van der Waals surface area contributed by atoms with Gasteiger partial charge < -0.3 is 14.2 Å². The van der Waals surface area contributed by atoms with Gasteiger partial charge in [0, 0.05) is 22.3 Å². The summed E-state index contributed by atoms with van der Waals surface area (Å²) in [5, 5.41) is 0. The normalized spacial score (nSPS) is 15.1. The lowest BCUT2D eigenvalue weighted by Gasteiger charge is -2.28. The van der Waals surface area contributed by atoms with E-state index in [1.54, 1.807) is 0 Å². The molecule has 0 spiro atoms. The molecule has 5 nitrogen and oxygen atoms in total. The zero-order valence-electron chi connectivity index (χ0n) is 15.3. The van der Waals surface area contributed by atoms with Crippen LogP contribution in [-0.4, -0.2) is 12.3 Å². The number of hydrogen-bond donors (Lipinski definition) is 0. The third-order valence-electron chi connectivity index (χ3n) is 4.54. The van der Waals surface area contributed by atoms with E-state index in [4.69, 9.17) is 14.2 Å². The van der Waals surface area contributed by atoms with Crippen molar-refractivity contribution in [1.29, 1.82) is 0 Å². The van der Waals surface area contributed by atoms with Crippen LogP contribution in [0.3, 0.4) is 0 Å². The number of benzene rings is 3. The topological polar surface area (TPSA) is 61.8 Å². The maximum Gasteiger partial charge on any atom is 0.338 e. The summed E-state index contributed by atoms with van der Waals surface area (Å²) >= 11 is 0. The van der Waals surface area contributed by atoms with Gasteiger partial charge in [-0.2, -0.15) is 0 Å². The first-order chi connectivity index (χ1) is 14.1. The number of carbonyl (C=O) groups excluding carboxylic acids is 2. The highest BCUT2D eigenvalue weighted by Crippen LogP contribution is 2.36. The van der Waals surface area contributed by atoms with Crippen LogP contribution >= 0.6 is 0 Å². The van der Waals surface area contributed by atoms with Gasteiger partial charge in [-0.3, -0.25) is 4.79 Å². The van der Waals surface area contributed by atoms with Crippen molar-refractivity contribution < 1.29 is 28.2 Å². The average molecular weight is 392 g/mol. The monoisotopic (exact) mass is 392 g/mol. The van der Waals surface area contributed by atoms with Crippen molar-refractivity contribution in [2.45, 2.75) is 19.5 Å². The average Bonchev–Trinajstić information content (AvgIpc) is 2.77. The van der Waals surface area contributed by atoms with Crippen molar-refractivity contribution in [1.82, 2.24) is 0 Å². The molecule has 1 atom stereocenters. The first kappa shape index (κ1) is 18.8. The Bertz CT molecular complexity index is 1030. The molecule has 4 rings (SSSR count). The molecule has 0 radical (unpaired) electrons. The summed E-state index contributed by atoms with van der Waals surface area (Å²) < 4.78 is 31.0. The van der Waals surface area contributed by atoms with Crippen molar-refractivity contribution in [3.63, 3.8) is 0 Å². The summed E-state index contributed by atoms with van der Waals surface area (Å²) in [6.07, 6.45) is 0.0657. The van der Waals surface area contributed by atoms with Crippen LogP contribution in [0.2, 0.25) is 0 Å². The van der Waals surface area contributed by atoms with Crippen LogP contribution in [-0.2, 0) is 22.7 Å². The molecule has 0 aliphatic carbocycles. The Morgan fingerprint density at radius 1 is 1.10 bits per heavy atom. The van der Waals surface area contributed by atoms with E-state index in [0.717, 1.165) is 5.56 Å². The molecule has 3 aromatic rings. The van der Waals surface area contributed by atoms with Crippen molar-refractivity contribution in [2.24, 2.45) is 0 Å². The molecule has 0 saturated carbocycles. The van der Waals surface area contributed by atoms with Crippen LogP contribution in [0, 0.1) is 5.82 Å². The molecule has 29 heavy (non-hydrogen) atoms. The minimum atomic E-state index is -0.625. The van der Waals surface area contributed by atoms with E-state index in [-0.39, 0.29) is 13.2 Å². The first-order valence-corrected chi connectivity index (χ1v) is 9.01. The summed E-state index contributed by atoms with van der Waals surface area (Å²) in [4.78, 5) is 23.0. The predicted molar refractivity (Wildman–Crippen MR) is 102 cm³/mol. The molecule has 0 saturated heterocycles. The number of aldehydes is 1. The van der Waals surface area contributed by atoms with Crippen LogP contribution in [0.25, 0.3) is 0 Å². The van der Waals surface area contributed by atoms with E-state index in [0.29, 0.717) is 34.3 Å². The molecule has 0 bridgehead atoms. The van der Waals surface area contributed by atoms with Crippen LogP contribution in [0.15, 0.2) is 66.7 Å². The number of ether oxygens (including phenoxy) is 3. The Balaban J connectivity index is 1.53. The lowest BCUT2D eigenvalue weighted by Crippen LogP contribution is -2.20. The number of hydrogen-bond acceptors (Lipinski definition) is 5. The number of esters is 1. The van der Waals surface area contributed by atoms with Crippen molar-refractivity contribution in [3.8, 4) is 5.75 Å². The molecule has 146 valence electrons. The molecule has 6 heteroatoms. The van der Waals surface area contributed by atoms with Gasteiger partial charge in [-0.1, -0.05) is 42.5 Å². The standard InChI is InChI=1S/C23H17FO5/c24-20-10-18(13-27-22(26)16-8-6-15(12-25)7-9-16)21-19(11-20)14-28-23(29-21)17-4-2-1-3-5-17/h1-12,23H,13-14H2/t23-/m0/s1. The Morgan fingerprint density at radius 3 is 2.59 bits per heavy atom. The third-order valence-corrected chi connectivity index (χ3v) is 4.54. The summed E-state index contributed by atoms with van der Waals surface area (Å²) in [5.41, 5.74) is 2.56. The Labute approximate surface area is 166 Å². The summed E-state index contributed by atoms with van der Waals surface area (Å²) in [5.74, 6) is -0.585. The third kappa shape index (κ3) is 4.17. The second-order valence-electron chi connectivity index (χ2n) is 6.54. The van der Waals surface area contributed by atoms with Crippen LogP contribution in [0.5, 0.6) is 5.75 Å². The maximum atomic E-state index is 14.0. The smallest absolute Gasteiger partial charge is 0.338 e. The van der Waals surface area contributed by atoms with E-state index in [2.05, 4.69) is 0 Å². The number of rotatable bonds is 5. The highest BCUT2D eigenvalue weighted by Gasteiger charge is 2.25. The molecule has 1 heterocycles. The van der Waals surface area contributed by atoms with E-state index in [9.17, 15) is 14.0 Å². The van der Waals surface area contributed by atoms with E-state index in [1.807, 2.05) is 30.3 Å². The lowest BCUT2D eigenvalue weighted by molar-refractivity contribution is -0.112. The van der Waals surface area contributed by atoms with Gasteiger partial charge >= 0.3 is 5.97 Å². The highest BCUT2D eigenvalue weighted by molar-refractivity contribution is 5.90. The lowest BCUT2D eigenvalue weighted by atomic mass is 10.1. The van der Waals surface area contributed by atoms with Gasteiger partial charge in [0.25, 0.3) is 0 Å². The molecule has 0 amide bonds. The molecular weight excluding hydrogens is 375 g/mol. The Hall–Kier alpha value is -3.51. The molecule has 1 aliphatic rings. The predicted octanol–water partition coefficient (Wildman–Crippen LogP) is 4.60.